The molecule has 1 atom stereocenters. The van der Waals surface area contributed by atoms with Crippen LogP contribution in [0.4, 0.5) is 5.13 Å². The first kappa shape index (κ1) is 28.0. The van der Waals surface area contributed by atoms with E-state index in [4.69, 9.17) is 4.74 Å². The van der Waals surface area contributed by atoms with Crippen LogP contribution >= 0.6 is 34.9 Å². The van der Waals surface area contributed by atoms with Crippen molar-refractivity contribution in [2.75, 3.05) is 29.7 Å². The van der Waals surface area contributed by atoms with Crippen molar-refractivity contribution in [1.29, 1.82) is 0 Å². The second-order valence-corrected chi connectivity index (χ2v) is 11.4. The molecular formula is C26H32N4O3S3. The van der Waals surface area contributed by atoms with E-state index in [9.17, 15) is 9.59 Å². The summed E-state index contributed by atoms with van der Waals surface area (Å²) in [5, 5.41) is 15.4. The maximum Gasteiger partial charge on any atom is 0.328 e. The lowest BCUT2D eigenvalue weighted by Gasteiger charge is -2.19. The van der Waals surface area contributed by atoms with Crippen LogP contribution in [0, 0.1) is 6.92 Å². The number of anilines is 1. The van der Waals surface area contributed by atoms with Gasteiger partial charge in [-0.3, -0.25) is 4.79 Å². The van der Waals surface area contributed by atoms with Crippen molar-refractivity contribution in [3.63, 3.8) is 0 Å². The Kier molecular flexibility index (Phi) is 11.1. The van der Waals surface area contributed by atoms with Crippen molar-refractivity contribution < 1.29 is 14.3 Å². The number of aryl methyl sites for hydroxylation is 1. The van der Waals surface area contributed by atoms with E-state index in [1.165, 1.54) is 11.3 Å². The third-order valence-electron chi connectivity index (χ3n) is 5.37. The van der Waals surface area contributed by atoms with E-state index in [2.05, 4.69) is 27.8 Å². The van der Waals surface area contributed by atoms with Crippen molar-refractivity contribution in [3.05, 3.63) is 59.2 Å². The molecule has 0 bridgehead atoms. The van der Waals surface area contributed by atoms with Crippen LogP contribution in [0.1, 0.15) is 41.8 Å². The summed E-state index contributed by atoms with van der Waals surface area (Å²) in [6, 6.07) is 13.0. The van der Waals surface area contributed by atoms with Gasteiger partial charge in [-0.15, -0.1) is 10.2 Å². The number of carbonyl (C=O) groups is 2. The largest absolute Gasteiger partial charge is 0.464 e. The number of hydrogen-bond donors (Lipinski definition) is 2. The third kappa shape index (κ3) is 7.72. The molecule has 2 aromatic carbocycles. The second-order valence-electron chi connectivity index (χ2n) is 7.91. The molecular weight excluding hydrogens is 513 g/mol. The Balaban J connectivity index is 1.87. The fraction of sp³-hybridized carbons (Fsp3) is 0.385. The first-order valence-electron chi connectivity index (χ1n) is 11.8. The van der Waals surface area contributed by atoms with E-state index in [-0.39, 0.29) is 12.5 Å². The number of carbonyl (C=O) groups excluding carboxylic acids is 2. The minimum atomic E-state index is -0.691. The summed E-state index contributed by atoms with van der Waals surface area (Å²) in [7, 11) is 0. The van der Waals surface area contributed by atoms with Gasteiger partial charge in [0.1, 0.15) is 6.04 Å². The van der Waals surface area contributed by atoms with E-state index in [0.29, 0.717) is 18.5 Å². The fourth-order valence-electron chi connectivity index (χ4n) is 3.60. The van der Waals surface area contributed by atoms with Gasteiger partial charge in [0, 0.05) is 12.1 Å². The van der Waals surface area contributed by atoms with Gasteiger partial charge >= 0.3 is 5.97 Å². The van der Waals surface area contributed by atoms with Crippen molar-refractivity contribution in [2.45, 2.75) is 44.1 Å². The average molecular weight is 545 g/mol. The summed E-state index contributed by atoms with van der Waals surface area (Å²) < 4.78 is 6.13. The van der Waals surface area contributed by atoms with Crippen molar-refractivity contribution in [2.24, 2.45) is 0 Å². The van der Waals surface area contributed by atoms with Gasteiger partial charge in [-0.1, -0.05) is 60.4 Å². The van der Waals surface area contributed by atoms with Crippen LogP contribution in [0.5, 0.6) is 0 Å². The van der Waals surface area contributed by atoms with Crippen LogP contribution in [0.3, 0.4) is 0 Å². The lowest BCUT2D eigenvalue weighted by molar-refractivity contribution is -0.145. The van der Waals surface area contributed by atoms with E-state index in [0.717, 1.165) is 43.2 Å². The van der Waals surface area contributed by atoms with Gasteiger partial charge in [-0.05, 0) is 72.4 Å². The first-order valence-corrected chi connectivity index (χ1v) is 15.0. The summed E-state index contributed by atoms with van der Waals surface area (Å²) >= 11 is 4.82. The molecule has 36 heavy (non-hydrogen) atoms. The van der Waals surface area contributed by atoms with Gasteiger partial charge in [-0.2, -0.15) is 11.8 Å². The maximum atomic E-state index is 13.4. The van der Waals surface area contributed by atoms with Gasteiger partial charge in [0.25, 0.3) is 5.91 Å². The molecule has 0 saturated heterocycles. The molecule has 1 aromatic heterocycles. The summed E-state index contributed by atoms with van der Waals surface area (Å²) in [4.78, 5) is 25.9. The highest BCUT2D eigenvalue weighted by molar-refractivity contribution is 8.01. The van der Waals surface area contributed by atoms with E-state index in [1.807, 2.05) is 55.6 Å². The molecule has 2 N–H and O–H groups in total. The minimum absolute atomic E-state index is 0.272. The number of rotatable bonds is 13. The number of benzene rings is 2. The van der Waals surface area contributed by atoms with Crippen LogP contribution in [-0.2, 0) is 16.1 Å². The number of ether oxygens (including phenoxy) is 1. The molecule has 0 radical (unpaired) electrons. The van der Waals surface area contributed by atoms with Crippen LogP contribution in [0.15, 0.2) is 46.8 Å². The lowest BCUT2D eigenvalue weighted by atomic mass is 9.93. The predicted molar refractivity (Wildman–Crippen MR) is 151 cm³/mol. The Morgan fingerprint density at radius 2 is 1.92 bits per heavy atom. The molecule has 0 fully saturated rings. The highest BCUT2D eigenvalue weighted by Gasteiger charge is 2.24. The van der Waals surface area contributed by atoms with Gasteiger partial charge in [0.2, 0.25) is 5.13 Å². The van der Waals surface area contributed by atoms with Gasteiger partial charge < -0.3 is 15.4 Å². The normalized spacial score (nSPS) is 11.7. The predicted octanol–water partition coefficient (Wildman–Crippen LogP) is 5.65. The van der Waals surface area contributed by atoms with Gasteiger partial charge in [0.05, 0.1) is 6.61 Å². The molecule has 0 aliphatic carbocycles. The van der Waals surface area contributed by atoms with Crippen LogP contribution in [0.2, 0.25) is 0 Å². The fourth-order valence-corrected chi connectivity index (χ4v) is 5.72. The van der Waals surface area contributed by atoms with E-state index < -0.39 is 12.0 Å². The van der Waals surface area contributed by atoms with Crippen LogP contribution < -0.4 is 10.6 Å². The van der Waals surface area contributed by atoms with Gasteiger partial charge in [0.15, 0.2) is 4.34 Å². The molecule has 3 aromatic rings. The number of hydrogen-bond acceptors (Lipinski definition) is 9. The number of amides is 1. The molecule has 0 aliphatic rings. The molecule has 10 heteroatoms. The summed E-state index contributed by atoms with van der Waals surface area (Å²) in [5.41, 5.74) is 4.38. The molecule has 0 saturated carbocycles. The SMILES string of the molecule is CCOC(=O)[C@H](CCSC)NC(=O)c1ccc(CNc2nnc(SCC)s2)cc1-c1ccccc1C. The monoisotopic (exact) mass is 544 g/mol. The van der Waals surface area contributed by atoms with Crippen molar-refractivity contribution in [3.8, 4) is 11.1 Å². The summed E-state index contributed by atoms with van der Waals surface area (Å²) in [6.07, 6.45) is 2.48. The Labute approximate surface area is 225 Å². The number of esters is 1. The molecule has 0 spiro atoms. The van der Waals surface area contributed by atoms with Gasteiger partial charge in [-0.25, -0.2) is 4.79 Å². The number of aromatic nitrogens is 2. The highest BCUT2D eigenvalue weighted by atomic mass is 32.2. The molecule has 1 amide bonds. The maximum absolute atomic E-state index is 13.4. The number of nitrogens with one attached hydrogen (secondary N) is 2. The third-order valence-corrected chi connectivity index (χ3v) is 7.91. The van der Waals surface area contributed by atoms with Crippen LogP contribution in [-0.4, -0.2) is 52.5 Å². The lowest BCUT2D eigenvalue weighted by Crippen LogP contribution is -2.42. The molecule has 1 heterocycles. The standard InChI is InChI=1S/C26H32N4O3S3/c1-5-33-24(32)22(13-14-34-4)28-23(31)20-12-11-18(15-21(20)19-10-8-7-9-17(19)3)16-27-25-29-30-26(36-25)35-6-2/h7-12,15,22H,5-6,13-14,16H2,1-4H3,(H,27,29)(H,28,31)/t22-/m0/s1. The molecule has 0 aliphatic heterocycles. The van der Waals surface area contributed by atoms with Crippen molar-refractivity contribution >= 4 is 51.9 Å². The second kappa shape index (κ2) is 14.2. The first-order chi connectivity index (χ1) is 17.5. The topological polar surface area (TPSA) is 93.2 Å². The zero-order valence-corrected chi connectivity index (χ0v) is 23.4. The smallest absolute Gasteiger partial charge is 0.328 e. The number of thioether (sulfide) groups is 2. The molecule has 7 nitrogen and oxygen atoms in total. The molecule has 192 valence electrons. The molecule has 3 rings (SSSR count). The van der Waals surface area contributed by atoms with Crippen molar-refractivity contribution in [1.82, 2.24) is 15.5 Å². The zero-order valence-electron chi connectivity index (χ0n) is 21.0. The Morgan fingerprint density at radius 3 is 2.64 bits per heavy atom. The Morgan fingerprint density at radius 1 is 1.11 bits per heavy atom. The minimum Gasteiger partial charge on any atom is -0.464 e. The quantitative estimate of drug-likeness (QED) is 0.211. The Hall–Kier alpha value is -2.56. The number of nitrogens with zero attached hydrogens (tertiary/aromatic N) is 2. The highest BCUT2D eigenvalue weighted by Crippen LogP contribution is 2.29. The zero-order chi connectivity index (χ0) is 25.9. The summed E-state index contributed by atoms with van der Waals surface area (Å²) in [5.74, 6) is 0.989. The summed E-state index contributed by atoms with van der Waals surface area (Å²) in [6.45, 7) is 6.69. The Bertz CT molecular complexity index is 1170. The van der Waals surface area contributed by atoms with Crippen LogP contribution in [0.25, 0.3) is 11.1 Å². The molecule has 0 unspecified atom stereocenters. The van der Waals surface area contributed by atoms with E-state index >= 15 is 0 Å². The average Bonchev–Trinajstić information content (AvgIpc) is 3.33. The van der Waals surface area contributed by atoms with E-state index in [1.54, 1.807) is 30.4 Å².